The second kappa shape index (κ2) is 5.56. The molecule has 1 heterocycles. The molecule has 4 heteroatoms. The molecule has 3 nitrogen and oxygen atoms in total. The number of aromatic nitrogens is 2. The maximum absolute atomic E-state index is 5.47. The molecule has 0 bridgehead atoms. The first-order valence-electron chi connectivity index (χ1n) is 5.90. The number of hydrogen-bond donors (Lipinski definition) is 1. The zero-order valence-electron chi connectivity index (χ0n) is 9.11. The molecule has 1 aromatic rings. The molecule has 1 aromatic heterocycles. The van der Waals surface area contributed by atoms with Crippen LogP contribution in [-0.2, 0) is 12.8 Å². The molecule has 0 radical (unpaired) electrons. The summed E-state index contributed by atoms with van der Waals surface area (Å²) < 4.78 is 0. The fourth-order valence-corrected chi connectivity index (χ4v) is 3.19. The maximum Gasteiger partial charge on any atom is 0.117 e. The second-order valence-corrected chi connectivity index (χ2v) is 5.48. The summed E-state index contributed by atoms with van der Waals surface area (Å²) in [4.78, 5) is 0. The fourth-order valence-electron chi connectivity index (χ4n) is 2.19. The molecular weight excluding hydrogens is 206 g/mol. The highest BCUT2D eigenvalue weighted by atomic mass is 32.1. The fraction of sp³-hybridized carbons (Fsp3) is 0.818. The summed E-state index contributed by atoms with van der Waals surface area (Å²) in [5.74, 6) is 0.875. The molecule has 0 saturated heterocycles. The van der Waals surface area contributed by atoms with Gasteiger partial charge in [0.25, 0.3) is 0 Å². The van der Waals surface area contributed by atoms with Gasteiger partial charge in [-0.2, -0.15) is 0 Å². The summed E-state index contributed by atoms with van der Waals surface area (Å²) in [7, 11) is 0. The summed E-state index contributed by atoms with van der Waals surface area (Å²) >= 11 is 1.78. The molecule has 1 saturated carbocycles. The Labute approximate surface area is 95.1 Å². The molecule has 0 aliphatic heterocycles. The van der Waals surface area contributed by atoms with E-state index in [-0.39, 0.29) is 0 Å². The van der Waals surface area contributed by atoms with E-state index in [2.05, 4.69) is 10.2 Å². The highest BCUT2D eigenvalue weighted by molar-refractivity contribution is 7.11. The average molecular weight is 225 g/mol. The SMILES string of the molecule is NCCCc1nnc(CC2CCCC2)s1. The van der Waals surface area contributed by atoms with Crippen molar-refractivity contribution in [2.24, 2.45) is 11.7 Å². The van der Waals surface area contributed by atoms with Crippen LogP contribution < -0.4 is 5.73 Å². The van der Waals surface area contributed by atoms with Crippen LogP contribution in [0.2, 0.25) is 0 Å². The lowest BCUT2D eigenvalue weighted by molar-refractivity contribution is 0.542. The van der Waals surface area contributed by atoms with Crippen molar-refractivity contribution >= 4 is 11.3 Å². The number of nitrogens with two attached hydrogens (primary N) is 1. The van der Waals surface area contributed by atoms with Crippen molar-refractivity contribution in [1.29, 1.82) is 0 Å². The standard InChI is InChI=1S/C11H19N3S/c12-7-3-6-10-13-14-11(15-10)8-9-4-1-2-5-9/h9H,1-8,12H2. The van der Waals surface area contributed by atoms with Gasteiger partial charge in [0, 0.05) is 12.8 Å². The van der Waals surface area contributed by atoms with E-state index in [1.807, 2.05) is 0 Å². The Morgan fingerprint density at radius 1 is 1.20 bits per heavy atom. The predicted molar refractivity (Wildman–Crippen MR) is 62.9 cm³/mol. The topological polar surface area (TPSA) is 51.8 Å². The van der Waals surface area contributed by atoms with Crippen molar-refractivity contribution < 1.29 is 0 Å². The molecule has 0 unspecified atom stereocenters. The number of aryl methyl sites for hydroxylation is 1. The molecule has 0 amide bonds. The Balaban J connectivity index is 1.83. The first-order valence-corrected chi connectivity index (χ1v) is 6.71. The molecule has 15 heavy (non-hydrogen) atoms. The van der Waals surface area contributed by atoms with Crippen LogP contribution in [-0.4, -0.2) is 16.7 Å². The van der Waals surface area contributed by atoms with Crippen LogP contribution in [0.15, 0.2) is 0 Å². The molecule has 1 aliphatic rings. The summed E-state index contributed by atoms with van der Waals surface area (Å²) in [5, 5.41) is 10.9. The minimum Gasteiger partial charge on any atom is -0.330 e. The van der Waals surface area contributed by atoms with E-state index >= 15 is 0 Å². The molecular formula is C11H19N3S. The molecule has 0 aromatic carbocycles. The van der Waals surface area contributed by atoms with Crippen molar-refractivity contribution in [3.63, 3.8) is 0 Å². The zero-order chi connectivity index (χ0) is 10.5. The van der Waals surface area contributed by atoms with Gasteiger partial charge in [0.2, 0.25) is 0 Å². The van der Waals surface area contributed by atoms with Gasteiger partial charge in [-0.1, -0.05) is 25.7 Å². The smallest absolute Gasteiger partial charge is 0.117 e. The molecule has 2 rings (SSSR count). The third-order valence-electron chi connectivity index (χ3n) is 3.04. The van der Waals surface area contributed by atoms with Crippen LogP contribution in [0.4, 0.5) is 0 Å². The highest BCUT2D eigenvalue weighted by Crippen LogP contribution is 2.28. The number of nitrogens with zero attached hydrogens (tertiary/aromatic N) is 2. The van der Waals surface area contributed by atoms with Gasteiger partial charge in [-0.15, -0.1) is 21.5 Å². The van der Waals surface area contributed by atoms with E-state index in [9.17, 15) is 0 Å². The Hall–Kier alpha value is -0.480. The Morgan fingerprint density at radius 2 is 1.93 bits per heavy atom. The lowest BCUT2D eigenvalue weighted by Crippen LogP contribution is -1.99. The van der Waals surface area contributed by atoms with Gasteiger partial charge in [0.1, 0.15) is 10.0 Å². The van der Waals surface area contributed by atoms with Crippen molar-refractivity contribution in [2.75, 3.05) is 6.54 Å². The first kappa shape index (κ1) is 11.0. The first-order chi connectivity index (χ1) is 7.38. The Kier molecular flexibility index (Phi) is 4.09. The van der Waals surface area contributed by atoms with Gasteiger partial charge in [0.15, 0.2) is 0 Å². The van der Waals surface area contributed by atoms with Crippen LogP contribution in [0.1, 0.15) is 42.1 Å². The minimum atomic E-state index is 0.748. The van der Waals surface area contributed by atoms with Gasteiger partial charge >= 0.3 is 0 Å². The van der Waals surface area contributed by atoms with E-state index < -0.39 is 0 Å². The normalized spacial score (nSPS) is 17.4. The third kappa shape index (κ3) is 3.24. The monoisotopic (exact) mass is 225 g/mol. The highest BCUT2D eigenvalue weighted by Gasteiger charge is 2.17. The minimum absolute atomic E-state index is 0.748. The molecule has 1 aliphatic carbocycles. The van der Waals surface area contributed by atoms with Crippen LogP contribution in [0, 0.1) is 5.92 Å². The molecule has 0 spiro atoms. The lowest BCUT2D eigenvalue weighted by Gasteiger charge is -2.03. The molecule has 0 atom stereocenters. The molecule has 84 valence electrons. The van der Waals surface area contributed by atoms with Crippen LogP contribution in [0.25, 0.3) is 0 Å². The van der Waals surface area contributed by atoms with Crippen LogP contribution in [0.5, 0.6) is 0 Å². The van der Waals surface area contributed by atoms with Gasteiger partial charge in [0.05, 0.1) is 0 Å². The van der Waals surface area contributed by atoms with Gasteiger partial charge in [-0.25, -0.2) is 0 Å². The van der Waals surface area contributed by atoms with Crippen molar-refractivity contribution in [3.8, 4) is 0 Å². The average Bonchev–Trinajstić information content (AvgIpc) is 2.87. The van der Waals surface area contributed by atoms with Crippen molar-refractivity contribution in [2.45, 2.75) is 44.9 Å². The largest absolute Gasteiger partial charge is 0.330 e. The van der Waals surface area contributed by atoms with Gasteiger partial charge < -0.3 is 5.73 Å². The summed E-state index contributed by atoms with van der Waals surface area (Å²) in [6.07, 6.45) is 8.76. The van der Waals surface area contributed by atoms with E-state index in [4.69, 9.17) is 5.73 Å². The second-order valence-electron chi connectivity index (χ2n) is 4.34. The van der Waals surface area contributed by atoms with Gasteiger partial charge in [-0.3, -0.25) is 0 Å². The van der Waals surface area contributed by atoms with Crippen molar-refractivity contribution in [3.05, 3.63) is 10.0 Å². The number of rotatable bonds is 5. The predicted octanol–water partition coefficient (Wildman–Crippen LogP) is 2.16. The van der Waals surface area contributed by atoms with Crippen LogP contribution >= 0.6 is 11.3 Å². The molecule has 2 N–H and O–H groups in total. The lowest BCUT2D eigenvalue weighted by atomic mass is 10.1. The summed E-state index contributed by atoms with van der Waals surface area (Å²) in [6.45, 7) is 0.748. The maximum atomic E-state index is 5.47. The van der Waals surface area contributed by atoms with Gasteiger partial charge in [-0.05, 0) is 18.9 Å². The molecule has 1 fully saturated rings. The Morgan fingerprint density at radius 3 is 2.67 bits per heavy atom. The summed E-state index contributed by atoms with van der Waals surface area (Å²) in [5.41, 5.74) is 5.47. The zero-order valence-corrected chi connectivity index (χ0v) is 9.93. The third-order valence-corrected chi connectivity index (χ3v) is 4.05. The Bertz CT molecular complexity index is 292. The van der Waals surface area contributed by atoms with E-state index in [1.54, 1.807) is 11.3 Å². The summed E-state index contributed by atoms with van der Waals surface area (Å²) in [6, 6.07) is 0. The van der Waals surface area contributed by atoms with E-state index in [0.29, 0.717) is 0 Å². The van der Waals surface area contributed by atoms with Crippen molar-refractivity contribution in [1.82, 2.24) is 10.2 Å². The van der Waals surface area contributed by atoms with E-state index in [0.717, 1.165) is 36.7 Å². The number of hydrogen-bond acceptors (Lipinski definition) is 4. The quantitative estimate of drug-likeness (QED) is 0.835. The van der Waals surface area contributed by atoms with Crippen LogP contribution in [0.3, 0.4) is 0 Å². The van der Waals surface area contributed by atoms with E-state index in [1.165, 1.54) is 30.7 Å².